The van der Waals surface area contributed by atoms with Crippen molar-refractivity contribution in [1.29, 1.82) is 0 Å². The summed E-state index contributed by atoms with van der Waals surface area (Å²) in [6, 6.07) is 0.190. The van der Waals surface area contributed by atoms with Crippen molar-refractivity contribution in [1.82, 2.24) is 9.47 Å². The number of carbonyl (C=O) groups is 3. The Morgan fingerprint density at radius 3 is 2.29 bits per heavy atom. The molecule has 0 aliphatic heterocycles. The number of hydrogen-bond acceptors (Lipinski definition) is 4. The molecular formula is C18H26N2O4. The number of methoxy groups -OCH3 is 1. The molecule has 1 heterocycles. The van der Waals surface area contributed by atoms with Crippen molar-refractivity contribution in [2.75, 3.05) is 13.7 Å². The van der Waals surface area contributed by atoms with E-state index >= 15 is 0 Å². The zero-order chi connectivity index (χ0) is 18.0. The number of carbonyl (C=O) groups excluding carboxylic acids is 3. The van der Waals surface area contributed by atoms with Gasteiger partial charge in [-0.25, -0.2) is 4.79 Å². The van der Waals surface area contributed by atoms with Crippen molar-refractivity contribution < 1.29 is 19.1 Å². The van der Waals surface area contributed by atoms with E-state index in [-0.39, 0.29) is 24.3 Å². The Bertz CT molecular complexity index is 671. The topological polar surface area (TPSA) is 68.6 Å². The summed E-state index contributed by atoms with van der Waals surface area (Å²) in [7, 11) is 1.33. The molecule has 0 N–H and O–H groups in total. The smallest absolute Gasteiger partial charge is 0.354 e. The van der Waals surface area contributed by atoms with Crippen LogP contribution in [0.25, 0.3) is 0 Å². The van der Waals surface area contributed by atoms with Crippen LogP contribution >= 0.6 is 0 Å². The number of nitrogens with zero attached hydrogens (tertiary/aromatic N) is 2. The van der Waals surface area contributed by atoms with Gasteiger partial charge in [-0.05, 0) is 39.2 Å². The molecule has 0 saturated heterocycles. The van der Waals surface area contributed by atoms with Crippen LogP contribution in [0.5, 0.6) is 0 Å². The molecule has 0 unspecified atom stereocenters. The average Bonchev–Trinajstić information content (AvgIpc) is 3.36. The number of ketones is 1. The second kappa shape index (κ2) is 7.20. The van der Waals surface area contributed by atoms with Gasteiger partial charge in [0, 0.05) is 30.3 Å². The van der Waals surface area contributed by atoms with Gasteiger partial charge in [-0.2, -0.15) is 0 Å². The number of amides is 1. The van der Waals surface area contributed by atoms with Crippen molar-refractivity contribution in [2.45, 2.75) is 59.5 Å². The van der Waals surface area contributed by atoms with Gasteiger partial charge < -0.3 is 14.2 Å². The summed E-state index contributed by atoms with van der Waals surface area (Å²) >= 11 is 0. The lowest BCUT2D eigenvalue weighted by molar-refractivity contribution is -0.130. The number of esters is 1. The minimum absolute atomic E-state index is 0.00396. The summed E-state index contributed by atoms with van der Waals surface area (Å²) in [4.78, 5) is 38.8. The van der Waals surface area contributed by atoms with Gasteiger partial charge in [0.1, 0.15) is 5.69 Å². The Morgan fingerprint density at radius 2 is 1.83 bits per heavy atom. The van der Waals surface area contributed by atoms with Crippen molar-refractivity contribution in [3.63, 3.8) is 0 Å². The molecule has 0 atom stereocenters. The second-order valence-corrected chi connectivity index (χ2v) is 6.20. The van der Waals surface area contributed by atoms with E-state index in [1.165, 1.54) is 7.11 Å². The van der Waals surface area contributed by atoms with Crippen LogP contribution in [0, 0.1) is 13.8 Å². The number of rotatable bonds is 7. The van der Waals surface area contributed by atoms with Crippen molar-refractivity contribution in [3.8, 4) is 0 Å². The number of Topliss-reactive ketones (excluding diaryl/α,β-unsaturated/α-hetero) is 1. The molecular weight excluding hydrogens is 308 g/mol. The van der Waals surface area contributed by atoms with Gasteiger partial charge in [-0.1, -0.05) is 6.92 Å². The molecule has 0 spiro atoms. The van der Waals surface area contributed by atoms with Gasteiger partial charge in [0.25, 0.3) is 0 Å². The van der Waals surface area contributed by atoms with E-state index in [0.29, 0.717) is 29.8 Å². The highest BCUT2D eigenvalue weighted by molar-refractivity contribution is 6.04. The molecule has 2 rings (SSSR count). The molecule has 6 nitrogen and oxygen atoms in total. The third-order valence-corrected chi connectivity index (χ3v) is 4.67. The Balaban J connectivity index is 2.37. The van der Waals surface area contributed by atoms with E-state index in [4.69, 9.17) is 4.74 Å². The second-order valence-electron chi connectivity index (χ2n) is 6.20. The van der Waals surface area contributed by atoms with Crippen LogP contribution in [0.3, 0.4) is 0 Å². The zero-order valence-corrected chi connectivity index (χ0v) is 15.1. The van der Waals surface area contributed by atoms with E-state index in [0.717, 1.165) is 18.5 Å². The van der Waals surface area contributed by atoms with Gasteiger partial charge in [0.05, 0.1) is 13.7 Å². The largest absolute Gasteiger partial charge is 0.464 e. The molecule has 1 saturated carbocycles. The fourth-order valence-corrected chi connectivity index (χ4v) is 3.30. The molecule has 0 bridgehead atoms. The number of hydrogen-bond donors (Lipinski definition) is 0. The average molecular weight is 334 g/mol. The van der Waals surface area contributed by atoms with E-state index in [1.54, 1.807) is 16.4 Å². The quantitative estimate of drug-likeness (QED) is 0.567. The SMILES string of the molecule is CCC(=O)N(CC(=O)c1c(C)c(C(=O)OC)n(CC)c1C)C1CC1. The fraction of sp³-hybridized carbons (Fsp3) is 0.611. The molecule has 132 valence electrons. The van der Waals surface area contributed by atoms with Crippen molar-refractivity contribution >= 4 is 17.7 Å². The first-order valence-corrected chi connectivity index (χ1v) is 8.47. The molecule has 24 heavy (non-hydrogen) atoms. The zero-order valence-electron chi connectivity index (χ0n) is 15.1. The summed E-state index contributed by atoms with van der Waals surface area (Å²) in [5.74, 6) is -0.555. The van der Waals surface area contributed by atoms with Crippen LogP contribution in [0.1, 0.15) is 65.2 Å². The highest BCUT2D eigenvalue weighted by Crippen LogP contribution is 2.29. The maximum absolute atomic E-state index is 12.9. The van der Waals surface area contributed by atoms with Crippen LogP contribution in [0.4, 0.5) is 0 Å². The van der Waals surface area contributed by atoms with Gasteiger partial charge in [-0.15, -0.1) is 0 Å². The normalized spacial score (nSPS) is 13.7. The minimum atomic E-state index is -0.444. The Kier molecular flexibility index (Phi) is 5.47. The van der Waals surface area contributed by atoms with Crippen molar-refractivity contribution in [3.05, 3.63) is 22.5 Å². The highest BCUT2D eigenvalue weighted by Gasteiger charge is 2.34. The first-order valence-electron chi connectivity index (χ1n) is 8.47. The molecule has 1 aliphatic carbocycles. The summed E-state index contributed by atoms with van der Waals surface area (Å²) in [5, 5.41) is 0. The summed E-state index contributed by atoms with van der Waals surface area (Å²) < 4.78 is 6.66. The van der Waals surface area contributed by atoms with Gasteiger partial charge in [-0.3, -0.25) is 9.59 Å². The van der Waals surface area contributed by atoms with Crippen LogP contribution in [-0.4, -0.2) is 46.8 Å². The first-order chi connectivity index (χ1) is 11.4. The van der Waals surface area contributed by atoms with E-state index in [9.17, 15) is 14.4 Å². The molecule has 1 fully saturated rings. The molecule has 1 aromatic heterocycles. The summed E-state index contributed by atoms with van der Waals surface area (Å²) in [6.45, 7) is 7.98. The van der Waals surface area contributed by atoms with Crippen LogP contribution in [0.2, 0.25) is 0 Å². The Morgan fingerprint density at radius 1 is 1.21 bits per heavy atom. The third kappa shape index (κ3) is 3.23. The minimum Gasteiger partial charge on any atom is -0.464 e. The lowest BCUT2D eigenvalue weighted by Crippen LogP contribution is -2.37. The standard InChI is InChI=1S/C18H26N2O4/c1-6-15(22)20(13-8-9-13)10-14(21)16-11(3)17(18(23)24-5)19(7-2)12(16)4/h13H,6-10H2,1-5H3. The Hall–Kier alpha value is -2.11. The van der Waals surface area contributed by atoms with Crippen LogP contribution < -0.4 is 0 Å². The predicted octanol–water partition coefficient (Wildman–Crippen LogP) is 2.50. The van der Waals surface area contributed by atoms with Crippen LogP contribution in [0.15, 0.2) is 0 Å². The summed E-state index contributed by atoms with van der Waals surface area (Å²) in [6.07, 6.45) is 2.31. The van der Waals surface area contributed by atoms with E-state index in [1.807, 2.05) is 20.8 Å². The highest BCUT2D eigenvalue weighted by atomic mass is 16.5. The maximum atomic E-state index is 12.9. The van der Waals surface area contributed by atoms with Crippen LogP contribution in [-0.2, 0) is 16.1 Å². The third-order valence-electron chi connectivity index (χ3n) is 4.67. The van der Waals surface area contributed by atoms with Gasteiger partial charge in [0.15, 0.2) is 5.78 Å². The molecule has 0 aromatic carbocycles. The molecule has 0 radical (unpaired) electrons. The number of aromatic nitrogens is 1. The van der Waals surface area contributed by atoms with Gasteiger partial charge >= 0.3 is 5.97 Å². The lowest BCUT2D eigenvalue weighted by atomic mass is 10.0. The molecule has 1 amide bonds. The molecule has 1 aromatic rings. The fourth-order valence-electron chi connectivity index (χ4n) is 3.30. The van der Waals surface area contributed by atoms with Crippen molar-refractivity contribution in [2.24, 2.45) is 0 Å². The predicted molar refractivity (Wildman–Crippen MR) is 90.3 cm³/mol. The molecule has 1 aliphatic rings. The monoisotopic (exact) mass is 334 g/mol. The lowest BCUT2D eigenvalue weighted by Gasteiger charge is -2.21. The maximum Gasteiger partial charge on any atom is 0.354 e. The Labute approximate surface area is 142 Å². The molecule has 6 heteroatoms. The number of ether oxygens (including phenoxy) is 1. The van der Waals surface area contributed by atoms with E-state index < -0.39 is 5.97 Å². The van der Waals surface area contributed by atoms with Gasteiger partial charge in [0.2, 0.25) is 5.91 Å². The van der Waals surface area contributed by atoms with E-state index in [2.05, 4.69) is 0 Å². The first kappa shape index (κ1) is 18.2. The summed E-state index contributed by atoms with van der Waals surface area (Å²) in [5.41, 5.74) is 2.33.